The number of ether oxygens (including phenoxy) is 1. The molecule has 0 spiro atoms. The number of fused-ring (bicyclic) bond motifs is 1. The zero-order valence-corrected chi connectivity index (χ0v) is 20.4. The molecule has 0 radical (unpaired) electrons. The van der Waals surface area contributed by atoms with Crippen LogP contribution < -0.4 is 10.9 Å². The van der Waals surface area contributed by atoms with Gasteiger partial charge in [-0.15, -0.1) is 0 Å². The van der Waals surface area contributed by atoms with Gasteiger partial charge in [0.05, 0.1) is 31.0 Å². The third-order valence-corrected chi connectivity index (χ3v) is 6.22. The van der Waals surface area contributed by atoms with Gasteiger partial charge in [-0.25, -0.2) is 0 Å². The molecule has 2 N–H and O–H groups in total. The van der Waals surface area contributed by atoms with E-state index in [1.54, 1.807) is 17.9 Å². The second kappa shape index (κ2) is 9.25. The molecule has 10 nitrogen and oxygen atoms in total. The zero-order chi connectivity index (χ0) is 24.7. The van der Waals surface area contributed by atoms with Crippen molar-refractivity contribution in [2.24, 2.45) is 5.92 Å². The fourth-order valence-electron chi connectivity index (χ4n) is 4.46. The third-order valence-electron chi connectivity index (χ3n) is 6.22. The molecule has 10 heteroatoms. The van der Waals surface area contributed by atoms with Crippen molar-refractivity contribution in [2.75, 3.05) is 13.2 Å². The normalized spacial score (nSPS) is 21.1. The van der Waals surface area contributed by atoms with Crippen LogP contribution in [0.25, 0.3) is 11.7 Å². The van der Waals surface area contributed by atoms with Crippen molar-refractivity contribution in [3.63, 3.8) is 0 Å². The average Bonchev–Trinajstić information content (AvgIpc) is 3.50. The number of aromatic hydroxyl groups is 1. The van der Waals surface area contributed by atoms with Crippen molar-refractivity contribution < 1.29 is 19.4 Å². The first-order chi connectivity index (χ1) is 16.1. The predicted octanol–water partition coefficient (Wildman–Crippen LogP) is 1.71. The van der Waals surface area contributed by atoms with E-state index in [1.165, 1.54) is 15.2 Å². The number of rotatable bonds is 6. The Balaban J connectivity index is 1.81. The minimum atomic E-state index is -0.597. The quantitative estimate of drug-likeness (QED) is 0.620. The summed E-state index contributed by atoms with van der Waals surface area (Å²) in [5.41, 5.74) is 0.533. The predicted molar refractivity (Wildman–Crippen MR) is 127 cm³/mol. The number of morpholine rings is 1. The molecular formula is C24H33N5O5. The fraction of sp³-hybridized carbons (Fsp3) is 0.583. The van der Waals surface area contributed by atoms with E-state index in [9.17, 15) is 19.5 Å². The maximum absolute atomic E-state index is 13.4. The minimum Gasteiger partial charge on any atom is -0.492 e. The maximum Gasteiger partial charge on any atom is 0.270 e. The lowest BCUT2D eigenvalue weighted by atomic mass is 10.1. The minimum absolute atomic E-state index is 0.0365. The van der Waals surface area contributed by atoms with Gasteiger partial charge in [-0.3, -0.25) is 19.0 Å². The number of amides is 2. The fourth-order valence-corrected chi connectivity index (χ4v) is 4.46. The first-order valence-corrected chi connectivity index (χ1v) is 11.8. The lowest BCUT2D eigenvalue weighted by Crippen LogP contribution is -2.51. The van der Waals surface area contributed by atoms with Gasteiger partial charge in [0.25, 0.3) is 11.5 Å². The molecule has 2 atom stereocenters. The summed E-state index contributed by atoms with van der Waals surface area (Å²) in [6.45, 7) is 10.8. The van der Waals surface area contributed by atoms with Gasteiger partial charge in [0, 0.05) is 24.2 Å². The van der Waals surface area contributed by atoms with Gasteiger partial charge in [-0.1, -0.05) is 13.8 Å². The molecule has 1 aliphatic carbocycles. The summed E-state index contributed by atoms with van der Waals surface area (Å²) < 4.78 is 8.20. The van der Waals surface area contributed by atoms with Crippen LogP contribution in [0.2, 0.25) is 0 Å². The molecule has 184 valence electrons. The van der Waals surface area contributed by atoms with E-state index >= 15 is 0 Å². The van der Waals surface area contributed by atoms with Crippen molar-refractivity contribution in [3.8, 4) is 5.88 Å². The molecule has 2 amide bonds. The van der Waals surface area contributed by atoms with E-state index in [0.717, 1.165) is 12.8 Å². The van der Waals surface area contributed by atoms with Crippen LogP contribution in [0.4, 0.5) is 0 Å². The Morgan fingerprint density at radius 2 is 1.88 bits per heavy atom. The van der Waals surface area contributed by atoms with Crippen molar-refractivity contribution in [1.82, 2.24) is 24.4 Å². The molecule has 1 aliphatic heterocycles. The SMILES string of the molecule is Cc1nn2c(O)c(C(=O)NC3CC3)c(=O)n(CC(C)C)c2c1/C=C/C(=O)N1C(C)COC[C@H]1C. The average molecular weight is 472 g/mol. The number of hydrogen-bond acceptors (Lipinski definition) is 6. The van der Waals surface area contributed by atoms with E-state index in [0.29, 0.717) is 36.7 Å². The second-order valence-electron chi connectivity index (χ2n) is 9.80. The monoisotopic (exact) mass is 471 g/mol. The van der Waals surface area contributed by atoms with Crippen LogP contribution >= 0.6 is 0 Å². The van der Waals surface area contributed by atoms with Gasteiger partial charge in [0.2, 0.25) is 11.8 Å². The van der Waals surface area contributed by atoms with Crippen molar-refractivity contribution in [3.05, 3.63) is 33.3 Å². The van der Waals surface area contributed by atoms with Crippen molar-refractivity contribution in [1.29, 1.82) is 0 Å². The number of nitrogens with zero attached hydrogens (tertiary/aromatic N) is 4. The highest BCUT2D eigenvalue weighted by Crippen LogP contribution is 2.25. The highest BCUT2D eigenvalue weighted by Gasteiger charge is 2.31. The van der Waals surface area contributed by atoms with Crippen LogP contribution in [-0.2, 0) is 16.1 Å². The summed E-state index contributed by atoms with van der Waals surface area (Å²) in [5.74, 6) is -1.17. The summed E-state index contributed by atoms with van der Waals surface area (Å²) >= 11 is 0. The van der Waals surface area contributed by atoms with E-state index < -0.39 is 17.3 Å². The molecule has 0 aromatic carbocycles. The summed E-state index contributed by atoms with van der Waals surface area (Å²) in [7, 11) is 0. The molecule has 2 fully saturated rings. The highest BCUT2D eigenvalue weighted by atomic mass is 16.5. The van der Waals surface area contributed by atoms with Gasteiger partial charge in [-0.05, 0) is 45.6 Å². The molecule has 1 unspecified atom stereocenters. The first-order valence-electron chi connectivity index (χ1n) is 11.8. The summed E-state index contributed by atoms with van der Waals surface area (Å²) in [5, 5.41) is 18.1. The molecule has 1 saturated carbocycles. The van der Waals surface area contributed by atoms with E-state index in [4.69, 9.17) is 4.74 Å². The number of aryl methyl sites for hydroxylation is 1. The number of carbonyl (C=O) groups excluding carboxylic acids is 2. The number of hydrogen-bond donors (Lipinski definition) is 2. The Morgan fingerprint density at radius 3 is 2.47 bits per heavy atom. The Labute approximate surface area is 198 Å². The molecule has 34 heavy (non-hydrogen) atoms. The highest BCUT2D eigenvalue weighted by molar-refractivity contribution is 5.97. The van der Waals surface area contributed by atoms with E-state index in [2.05, 4.69) is 10.4 Å². The van der Waals surface area contributed by atoms with E-state index in [1.807, 2.05) is 27.7 Å². The van der Waals surface area contributed by atoms with Crippen LogP contribution in [0.3, 0.4) is 0 Å². The van der Waals surface area contributed by atoms with Crippen LogP contribution in [-0.4, -0.2) is 67.3 Å². The standard InChI is InChI=1S/C24H33N5O5/c1-13(2)10-27-22-18(8-9-19(30)28-14(3)11-34-12-15(28)4)16(5)26-29(22)24(33)20(23(27)32)21(31)25-17-6-7-17/h8-9,13-15,17,33H,6-7,10-12H2,1-5H3,(H,25,31)/b9-8+/t14-,15?/m1/s1. The Morgan fingerprint density at radius 1 is 1.24 bits per heavy atom. The zero-order valence-electron chi connectivity index (χ0n) is 20.4. The van der Waals surface area contributed by atoms with Gasteiger partial charge in [-0.2, -0.15) is 9.61 Å². The molecule has 1 saturated heterocycles. The van der Waals surface area contributed by atoms with Crippen molar-refractivity contribution in [2.45, 2.75) is 72.1 Å². The number of aromatic nitrogens is 3. The molecule has 2 aromatic heterocycles. The molecule has 0 bridgehead atoms. The lowest BCUT2D eigenvalue weighted by molar-refractivity contribution is -0.138. The topological polar surface area (TPSA) is 118 Å². The van der Waals surface area contributed by atoms with Crippen LogP contribution in [0.15, 0.2) is 10.9 Å². The molecule has 3 heterocycles. The Kier molecular flexibility index (Phi) is 6.53. The van der Waals surface area contributed by atoms with Crippen LogP contribution in [0.5, 0.6) is 5.88 Å². The second-order valence-corrected chi connectivity index (χ2v) is 9.80. The Bertz CT molecular complexity index is 1200. The summed E-state index contributed by atoms with van der Waals surface area (Å²) in [6.07, 6.45) is 4.82. The third kappa shape index (κ3) is 4.46. The van der Waals surface area contributed by atoms with Crippen LogP contribution in [0, 0.1) is 12.8 Å². The Hall–Kier alpha value is -3.14. The summed E-state index contributed by atoms with van der Waals surface area (Å²) in [6, 6.07) is -0.0717. The number of nitrogens with one attached hydrogen (secondary N) is 1. The van der Waals surface area contributed by atoms with Crippen LogP contribution in [0.1, 0.15) is 62.2 Å². The molecular weight excluding hydrogens is 438 g/mol. The largest absolute Gasteiger partial charge is 0.492 e. The number of carbonyl (C=O) groups is 2. The summed E-state index contributed by atoms with van der Waals surface area (Å²) in [4.78, 5) is 40.9. The van der Waals surface area contributed by atoms with Gasteiger partial charge < -0.3 is 20.1 Å². The van der Waals surface area contributed by atoms with Gasteiger partial charge in [0.15, 0.2) is 5.56 Å². The van der Waals surface area contributed by atoms with Gasteiger partial charge >= 0.3 is 0 Å². The smallest absolute Gasteiger partial charge is 0.270 e. The van der Waals surface area contributed by atoms with Gasteiger partial charge in [0.1, 0.15) is 5.65 Å². The molecule has 2 aliphatic rings. The maximum atomic E-state index is 13.4. The lowest BCUT2D eigenvalue weighted by Gasteiger charge is -2.38. The molecule has 2 aromatic rings. The first kappa shape index (κ1) is 24.0. The van der Waals surface area contributed by atoms with Crippen molar-refractivity contribution >= 4 is 23.5 Å². The van der Waals surface area contributed by atoms with E-state index in [-0.39, 0.29) is 35.5 Å². The molecule has 4 rings (SSSR count).